The van der Waals surface area contributed by atoms with Crippen molar-refractivity contribution in [1.29, 1.82) is 0 Å². The topological polar surface area (TPSA) is 93.1 Å². The molecule has 0 fully saturated rings. The van der Waals surface area contributed by atoms with E-state index < -0.39 is 17.5 Å². The van der Waals surface area contributed by atoms with Crippen molar-refractivity contribution in [3.05, 3.63) is 56.5 Å². The highest BCUT2D eigenvalue weighted by atomic mass is 79.9. The van der Waals surface area contributed by atoms with Crippen LogP contribution < -0.4 is 9.47 Å². The SMILES string of the molecule is COc1ccc(/C=C/C(=O)c2cc(Br)cc(C(=O)O)c2O)c(Cl)c1OC. The molecule has 136 valence electrons. The van der Waals surface area contributed by atoms with Crippen molar-refractivity contribution < 1.29 is 29.3 Å². The van der Waals surface area contributed by atoms with E-state index in [0.717, 1.165) is 0 Å². The Labute approximate surface area is 162 Å². The first-order valence-corrected chi connectivity index (χ1v) is 8.36. The lowest BCUT2D eigenvalue weighted by atomic mass is 10.0. The molecule has 0 spiro atoms. The molecule has 8 heteroatoms. The highest BCUT2D eigenvalue weighted by molar-refractivity contribution is 9.10. The van der Waals surface area contributed by atoms with E-state index in [0.29, 0.717) is 21.5 Å². The summed E-state index contributed by atoms with van der Waals surface area (Å²) < 4.78 is 10.7. The van der Waals surface area contributed by atoms with E-state index in [-0.39, 0.29) is 16.1 Å². The van der Waals surface area contributed by atoms with Gasteiger partial charge in [-0.2, -0.15) is 0 Å². The number of hydrogen-bond acceptors (Lipinski definition) is 5. The van der Waals surface area contributed by atoms with E-state index in [1.54, 1.807) is 12.1 Å². The van der Waals surface area contributed by atoms with Gasteiger partial charge < -0.3 is 19.7 Å². The van der Waals surface area contributed by atoms with Crippen LogP contribution in [0.2, 0.25) is 5.02 Å². The van der Waals surface area contributed by atoms with Gasteiger partial charge in [0.25, 0.3) is 0 Å². The number of allylic oxidation sites excluding steroid dienone is 1. The Morgan fingerprint density at radius 2 is 1.81 bits per heavy atom. The van der Waals surface area contributed by atoms with Gasteiger partial charge in [-0.05, 0) is 42.0 Å². The molecule has 0 saturated carbocycles. The number of carboxylic acids is 1. The number of methoxy groups -OCH3 is 2. The molecule has 0 aliphatic heterocycles. The number of hydrogen-bond donors (Lipinski definition) is 2. The number of benzene rings is 2. The fourth-order valence-corrected chi connectivity index (χ4v) is 2.99. The van der Waals surface area contributed by atoms with Crippen molar-refractivity contribution in [2.75, 3.05) is 14.2 Å². The van der Waals surface area contributed by atoms with Gasteiger partial charge >= 0.3 is 5.97 Å². The first-order chi connectivity index (χ1) is 12.3. The Bertz CT molecular complexity index is 907. The van der Waals surface area contributed by atoms with Gasteiger partial charge in [0.2, 0.25) is 0 Å². The minimum atomic E-state index is -1.34. The average Bonchev–Trinajstić information content (AvgIpc) is 2.61. The Hall–Kier alpha value is -2.51. The maximum absolute atomic E-state index is 12.4. The number of aromatic carboxylic acids is 1. The number of carbonyl (C=O) groups excluding carboxylic acids is 1. The number of ether oxygens (including phenoxy) is 2. The Morgan fingerprint density at radius 3 is 2.38 bits per heavy atom. The van der Waals surface area contributed by atoms with Crippen LogP contribution in [-0.4, -0.2) is 36.2 Å². The fourth-order valence-electron chi connectivity index (χ4n) is 2.24. The van der Waals surface area contributed by atoms with Gasteiger partial charge in [0, 0.05) is 4.47 Å². The minimum absolute atomic E-state index is 0.148. The first kappa shape index (κ1) is 19.8. The summed E-state index contributed by atoms with van der Waals surface area (Å²) in [6.45, 7) is 0. The lowest BCUT2D eigenvalue weighted by Gasteiger charge is -2.11. The van der Waals surface area contributed by atoms with Crippen molar-refractivity contribution >= 4 is 45.4 Å². The van der Waals surface area contributed by atoms with Crippen LogP contribution in [0.3, 0.4) is 0 Å². The summed E-state index contributed by atoms with van der Waals surface area (Å²) in [5.41, 5.74) is -0.0319. The lowest BCUT2D eigenvalue weighted by molar-refractivity contribution is 0.0693. The zero-order chi connectivity index (χ0) is 19.4. The molecule has 2 rings (SSSR count). The van der Waals surface area contributed by atoms with Crippen molar-refractivity contribution in [2.45, 2.75) is 0 Å². The second kappa shape index (κ2) is 8.25. The van der Waals surface area contributed by atoms with Gasteiger partial charge in [-0.1, -0.05) is 27.5 Å². The monoisotopic (exact) mass is 440 g/mol. The third-order valence-electron chi connectivity index (χ3n) is 3.50. The van der Waals surface area contributed by atoms with E-state index in [1.165, 1.54) is 38.5 Å². The van der Waals surface area contributed by atoms with Gasteiger partial charge in [0.15, 0.2) is 17.3 Å². The Kier molecular flexibility index (Phi) is 6.28. The zero-order valence-electron chi connectivity index (χ0n) is 13.7. The summed E-state index contributed by atoms with van der Waals surface area (Å²) in [5.74, 6) is -1.77. The van der Waals surface area contributed by atoms with Gasteiger partial charge in [-0.15, -0.1) is 0 Å². The molecule has 0 saturated heterocycles. The molecule has 0 aliphatic rings. The Balaban J connectivity index is 2.41. The molecule has 2 aromatic rings. The highest BCUT2D eigenvalue weighted by Crippen LogP contribution is 2.38. The normalized spacial score (nSPS) is 10.8. The van der Waals surface area contributed by atoms with Crippen LogP contribution in [0.4, 0.5) is 0 Å². The summed E-state index contributed by atoms with van der Waals surface area (Å²) in [5, 5.41) is 19.4. The molecule has 0 heterocycles. The molecule has 2 N–H and O–H groups in total. The number of carbonyl (C=O) groups is 2. The summed E-state index contributed by atoms with van der Waals surface area (Å²) in [6, 6.07) is 5.82. The molecule has 6 nitrogen and oxygen atoms in total. The second-order valence-corrected chi connectivity index (χ2v) is 6.35. The largest absolute Gasteiger partial charge is 0.506 e. The predicted octanol–water partition coefficient (Wildman–Crippen LogP) is 4.42. The van der Waals surface area contributed by atoms with Crippen LogP contribution in [0.1, 0.15) is 26.3 Å². The Morgan fingerprint density at radius 1 is 1.15 bits per heavy atom. The third-order valence-corrected chi connectivity index (χ3v) is 4.35. The summed E-state index contributed by atoms with van der Waals surface area (Å²) >= 11 is 9.37. The number of phenols is 1. The highest BCUT2D eigenvalue weighted by Gasteiger charge is 2.19. The van der Waals surface area contributed by atoms with Crippen molar-refractivity contribution in [3.8, 4) is 17.2 Å². The second-order valence-electron chi connectivity index (χ2n) is 5.06. The molecule has 0 bridgehead atoms. The molecule has 0 aromatic heterocycles. The maximum Gasteiger partial charge on any atom is 0.339 e. The van der Waals surface area contributed by atoms with E-state index in [2.05, 4.69) is 15.9 Å². The number of aromatic hydroxyl groups is 1. The standard InChI is InChI=1S/C18H14BrClO6/c1-25-14-6-4-9(15(20)17(14)26-2)3-5-13(21)11-7-10(19)8-12(16(11)22)18(23)24/h3-8,22H,1-2H3,(H,23,24)/b5-3+. The van der Waals surface area contributed by atoms with Crippen LogP contribution >= 0.6 is 27.5 Å². The van der Waals surface area contributed by atoms with Gasteiger partial charge in [-0.25, -0.2) is 4.79 Å². The van der Waals surface area contributed by atoms with E-state index in [1.807, 2.05) is 0 Å². The number of carboxylic acid groups (broad SMARTS) is 1. The third kappa shape index (κ3) is 4.00. The molecule has 0 amide bonds. The number of ketones is 1. The quantitative estimate of drug-likeness (QED) is 0.509. The van der Waals surface area contributed by atoms with Crippen LogP contribution in [0, 0.1) is 0 Å². The molecule has 0 aliphatic carbocycles. The van der Waals surface area contributed by atoms with Crippen LogP contribution in [0.5, 0.6) is 17.2 Å². The first-order valence-electron chi connectivity index (χ1n) is 7.18. The molecular weight excluding hydrogens is 428 g/mol. The van der Waals surface area contributed by atoms with E-state index >= 15 is 0 Å². The zero-order valence-corrected chi connectivity index (χ0v) is 16.1. The molecule has 0 atom stereocenters. The minimum Gasteiger partial charge on any atom is -0.506 e. The summed E-state index contributed by atoms with van der Waals surface area (Å²) in [7, 11) is 2.92. The average molecular weight is 442 g/mol. The van der Waals surface area contributed by atoms with Crippen LogP contribution in [0.25, 0.3) is 6.08 Å². The van der Waals surface area contributed by atoms with Crippen molar-refractivity contribution in [2.24, 2.45) is 0 Å². The van der Waals surface area contributed by atoms with Gasteiger partial charge in [-0.3, -0.25) is 4.79 Å². The smallest absolute Gasteiger partial charge is 0.339 e. The predicted molar refractivity (Wildman–Crippen MR) is 101 cm³/mol. The van der Waals surface area contributed by atoms with E-state index in [9.17, 15) is 14.7 Å². The fraction of sp³-hybridized carbons (Fsp3) is 0.111. The molecule has 26 heavy (non-hydrogen) atoms. The van der Waals surface area contributed by atoms with Crippen molar-refractivity contribution in [1.82, 2.24) is 0 Å². The number of halogens is 2. The lowest BCUT2D eigenvalue weighted by Crippen LogP contribution is -2.03. The molecule has 0 radical (unpaired) electrons. The number of rotatable bonds is 6. The maximum atomic E-state index is 12.4. The molecule has 2 aromatic carbocycles. The molecule has 0 unspecified atom stereocenters. The summed E-state index contributed by atoms with van der Waals surface area (Å²) in [6.07, 6.45) is 2.62. The van der Waals surface area contributed by atoms with Crippen LogP contribution in [-0.2, 0) is 0 Å². The van der Waals surface area contributed by atoms with Crippen LogP contribution in [0.15, 0.2) is 34.8 Å². The van der Waals surface area contributed by atoms with Gasteiger partial charge in [0.05, 0.1) is 24.8 Å². The van der Waals surface area contributed by atoms with Crippen molar-refractivity contribution in [3.63, 3.8) is 0 Å². The van der Waals surface area contributed by atoms with E-state index in [4.69, 9.17) is 26.2 Å². The summed E-state index contributed by atoms with van der Waals surface area (Å²) in [4.78, 5) is 23.5. The molecular formula is C18H14BrClO6. The van der Waals surface area contributed by atoms with Gasteiger partial charge in [0.1, 0.15) is 11.3 Å².